The fourth-order valence-electron chi connectivity index (χ4n) is 3.31. The van der Waals surface area contributed by atoms with Crippen LogP contribution in [0, 0.1) is 11.8 Å². The predicted octanol–water partition coefficient (Wildman–Crippen LogP) is 3.22. The third kappa shape index (κ3) is 2.77. The zero-order valence-electron chi connectivity index (χ0n) is 10.9. The molecule has 1 aliphatic heterocycles. The van der Waals surface area contributed by atoms with Gasteiger partial charge in [-0.2, -0.15) is 0 Å². The summed E-state index contributed by atoms with van der Waals surface area (Å²) in [6, 6.07) is 5.23. The molecule has 3 unspecified atom stereocenters. The Morgan fingerprint density at radius 2 is 2.00 bits per heavy atom. The maximum Gasteiger partial charge on any atom is 0.255 e. The van der Waals surface area contributed by atoms with Gasteiger partial charge in [-0.25, -0.2) is 0 Å². The Kier molecular flexibility index (Phi) is 4.85. The first-order chi connectivity index (χ1) is 9.06. The number of halogens is 3. The third-order valence-corrected chi connectivity index (χ3v) is 4.92. The largest absolute Gasteiger partial charge is 0.338 e. The highest BCUT2D eigenvalue weighted by Gasteiger charge is 2.42. The molecule has 6 heteroatoms. The monoisotopic (exact) mass is 334 g/mol. The van der Waals surface area contributed by atoms with Crippen molar-refractivity contribution in [1.29, 1.82) is 0 Å². The molecule has 1 amide bonds. The smallest absolute Gasteiger partial charge is 0.255 e. The van der Waals surface area contributed by atoms with Gasteiger partial charge in [-0.1, -0.05) is 23.2 Å². The molecular formula is C14H17Cl3N2O. The van der Waals surface area contributed by atoms with Gasteiger partial charge >= 0.3 is 0 Å². The number of nitrogens with two attached hydrogens (primary N) is 1. The van der Waals surface area contributed by atoms with Crippen molar-refractivity contribution >= 4 is 41.5 Å². The molecule has 1 saturated heterocycles. The highest BCUT2D eigenvalue weighted by Crippen LogP contribution is 2.38. The molecule has 0 radical (unpaired) electrons. The number of likely N-dealkylation sites (tertiary alicyclic amines) is 1. The second-order valence-electron chi connectivity index (χ2n) is 5.50. The molecule has 2 fully saturated rings. The van der Waals surface area contributed by atoms with E-state index in [1.54, 1.807) is 18.2 Å². The molecule has 3 atom stereocenters. The normalized spacial score (nSPS) is 28.1. The molecule has 20 heavy (non-hydrogen) atoms. The van der Waals surface area contributed by atoms with Crippen molar-refractivity contribution in [2.75, 3.05) is 13.1 Å². The third-order valence-electron chi connectivity index (χ3n) is 4.36. The zero-order valence-corrected chi connectivity index (χ0v) is 13.2. The van der Waals surface area contributed by atoms with Crippen molar-refractivity contribution in [2.24, 2.45) is 17.6 Å². The fourth-order valence-corrected chi connectivity index (χ4v) is 3.68. The molecule has 0 spiro atoms. The molecule has 3 rings (SSSR count). The number of amides is 1. The number of fused-ring (bicyclic) bond motifs is 1. The van der Waals surface area contributed by atoms with Crippen LogP contribution < -0.4 is 5.73 Å². The Bertz CT molecular complexity index is 523. The number of carbonyl (C=O) groups is 1. The van der Waals surface area contributed by atoms with Crippen molar-refractivity contribution in [3.05, 3.63) is 33.8 Å². The van der Waals surface area contributed by atoms with E-state index in [1.807, 2.05) is 4.90 Å². The lowest BCUT2D eigenvalue weighted by atomic mass is 9.98. The highest BCUT2D eigenvalue weighted by atomic mass is 35.5. The first-order valence-electron chi connectivity index (χ1n) is 6.56. The van der Waals surface area contributed by atoms with Crippen molar-refractivity contribution in [3.8, 4) is 0 Å². The molecule has 1 aromatic rings. The summed E-state index contributed by atoms with van der Waals surface area (Å²) in [5.41, 5.74) is 6.58. The van der Waals surface area contributed by atoms with E-state index < -0.39 is 0 Å². The van der Waals surface area contributed by atoms with E-state index in [-0.39, 0.29) is 24.4 Å². The summed E-state index contributed by atoms with van der Waals surface area (Å²) in [4.78, 5) is 14.4. The van der Waals surface area contributed by atoms with Crippen LogP contribution >= 0.6 is 35.6 Å². The van der Waals surface area contributed by atoms with Gasteiger partial charge in [0.15, 0.2) is 0 Å². The minimum atomic E-state index is -0.0332. The first-order valence-corrected chi connectivity index (χ1v) is 7.32. The molecule has 1 aromatic carbocycles. The Balaban J connectivity index is 0.00000147. The van der Waals surface area contributed by atoms with Crippen LogP contribution in [0.2, 0.25) is 10.0 Å². The van der Waals surface area contributed by atoms with E-state index in [2.05, 4.69) is 0 Å². The van der Waals surface area contributed by atoms with E-state index in [1.165, 1.54) is 0 Å². The predicted molar refractivity (Wildman–Crippen MR) is 83.8 cm³/mol. The summed E-state index contributed by atoms with van der Waals surface area (Å²) in [6.45, 7) is 1.54. The lowest BCUT2D eigenvalue weighted by molar-refractivity contribution is 0.0780. The molecule has 110 valence electrons. The summed E-state index contributed by atoms with van der Waals surface area (Å²) in [5.74, 6) is 0.966. The van der Waals surface area contributed by atoms with Crippen LogP contribution in [0.1, 0.15) is 23.2 Å². The molecule has 1 aliphatic carbocycles. The van der Waals surface area contributed by atoms with Crippen molar-refractivity contribution < 1.29 is 4.79 Å². The van der Waals surface area contributed by atoms with Gasteiger partial charge in [0.25, 0.3) is 5.91 Å². The van der Waals surface area contributed by atoms with Gasteiger partial charge in [0.1, 0.15) is 0 Å². The van der Waals surface area contributed by atoms with Crippen LogP contribution in [0.25, 0.3) is 0 Å². The number of rotatable bonds is 1. The van der Waals surface area contributed by atoms with Crippen LogP contribution in [-0.2, 0) is 0 Å². The lowest BCUT2D eigenvalue weighted by Gasteiger charge is -2.19. The van der Waals surface area contributed by atoms with Crippen molar-refractivity contribution in [3.63, 3.8) is 0 Å². The van der Waals surface area contributed by atoms with E-state index in [0.29, 0.717) is 27.4 Å². The van der Waals surface area contributed by atoms with Gasteiger partial charge in [-0.15, -0.1) is 12.4 Å². The minimum absolute atomic E-state index is 0. The summed E-state index contributed by atoms with van der Waals surface area (Å²) >= 11 is 12.0. The van der Waals surface area contributed by atoms with Crippen LogP contribution in [-0.4, -0.2) is 29.9 Å². The zero-order chi connectivity index (χ0) is 13.6. The SMILES string of the molecule is Cl.NC1CCC2CN(C(=O)c3cc(Cl)ccc3Cl)CC12. The molecule has 0 aromatic heterocycles. The Labute approximate surface area is 134 Å². The van der Waals surface area contributed by atoms with Gasteiger partial charge in [-0.05, 0) is 42.9 Å². The quantitative estimate of drug-likeness (QED) is 0.856. The fraction of sp³-hybridized carbons (Fsp3) is 0.500. The van der Waals surface area contributed by atoms with E-state index >= 15 is 0 Å². The summed E-state index contributed by atoms with van der Waals surface area (Å²) in [6.07, 6.45) is 2.20. The molecule has 1 heterocycles. The molecule has 2 aliphatic rings. The average molecular weight is 336 g/mol. The number of nitrogens with zero attached hydrogens (tertiary/aromatic N) is 1. The van der Waals surface area contributed by atoms with Crippen molar-refractivity contribution in [1.82, 2.24) is 4.90 Å². The van der Waals surface area contributed by atoms with Crippen LogP contribution in [0.4, 0.5) is 0 Å². The lowest BCUT2D eigenvalue weighted by Crippen LogP contribution is -2.33. The summed E-state index contributed by atoms with van der Waals surface area (Å²) in [7, 11) is 0. The molecule has 3 nitrogen and oxygen atoms in total. The average Bonchev–Trinajstić information content (AvgIpc) is 2.94. The maximum absolute atomic E-state index is 12.5. The van der Waals surface area contributed by atoms with E-state index in [4.69, 9.17) is 28.9 Å². The van der Waals surface area contributed by atoms with Crippen LogP contribution in [0.3, 0.4) is 0 Å². The van der Waals surface area contributed by atoms with Crippen molar-refractivity contribution in [2.45, 2.75) is 18.9 Å². The summed E-state index contributed by atoms with van der Waals surface area (Å²) in [5, 5.41) is 0.986. The molecule has 1 saturated carbocycles. The number of carbonyl (C=O) groups excluding carboxylic acids is 1. The van der Waals surface area contributed by atoms with Gasteiger partial charge in [-0.3, -0.25) is 4.79 Å². The standard InChI is InChI=1S/C14H16Cl2N2O.ClH/c15-9-2-3-12(16)10(5-9)14(19)18-6-8-1-4-13(17)11(8)7-18;/h2-3,5,8,11,13H,1,4,6-7,17H2;1H. The van der Waals surface area contributed by atoms with Gasteiger partial charge in [0.2, 0.25) is 0 Å². The Morgan fingerprint density at radius 1 is 1.25 bits per heavy atom. The van der Waals surface area contributed by atoms with E-state index in [0.717, 1.165) is 25.9 Å². The minimum Gasteiger partial charge on any atom is -0.338 e. The van der Waals surface area contributed by atoms with Crippen LogP contribution in [0.15, 0.2) is 18.2 Å². The topological polar surface area (TPSA) is 46.3 Å². The molecular weight excluding hydrogens is 319 g/mol. The van der Waals surface area contributed by atoms with E-state index in [9.17, 15) is 4.79 Å². The number of hydrogen-bond acceptors (Lipinski definition) is 2. The Hall–Kier alpha value is -0.480. The first kappa shape index (κ1) is 15.9. The molecule has 2 N–H and O–H groups in total. The van der Waals surface area contributed by atoms with Gasteiger partial charge < -0.3 is 10.6 Å². The number of hydrogen-bond donors (Lipinski definition) is 1. The number of benzene rings is 1. The Morgan fingerprint density at radius 3 is 2.70 bits per heavy atom. The second-order valence-corrected chi connectivity index (χ2v) is 6.34. The molecule has 0 bridgehead atoms. The highest BCUT2D eigenvalue weighted by molar-refractivity contribution is 6.35. The summed E-state index contributed by atoms with van der Waals surface area (Å²) < 4.78 is 0. The van der Waals surface area contributed by atoms with Gasteiger partial charge in [0.05, 0.1) is 10.6 Å². The second kappa shape index (κ2) is 6.10. The van der Waals surface area contributed by atoms with Crippen LogP contribution in [0.5, 0.6) is 0 Å². The maximum atomic E-state index is 12.5. The van der Waals surface area contributed by atoms with Gasteiger partial charge in [0, 0.05) is 24.2 Å².